The molecular formula is C33H35ClF3N5O3. The third-order valence-corrected chi connectivity index (χ3v) is 8.01. The molecule has 1 aliphatic rings. The van der Waals surface area contributed by atoms with Crippen LogP contribution in [0.15, 0.2) is 53.3 Å². The molecule has 238 valence electrons. The van der Waals surface area contributed by atoms with E-state index in [0.29, 0.717) is 31.5 Å². The van der Waals surface area contributed by atoms with Crippen LogP contribution in [0.4, 0.5) is 19.1 Å². The van der Waals surface area contributed by atoms with Gasteiger partial charge in [0.1, 0.15) is 35.3 Å². The summed E-state index contributed by atoms with van der Waals surface area (Å²) in [5.74, 6) is -2.34. The van der Waals surface area contributed by atoms with Crippen molar-refractivity contribution in [2.75, 3.05) is 18.4 Å². The second-order valence-electron chi connectivity index (χ2n) is 11.6. The zero-order chi connectivity index (χ0) is 32.1. The first-order chi connectivity index (χ1) is 21.6. The van der Waals surface area contributed by atoms with Gasteiger partial charge in [0, 0.05) is 23.6 Å². The van der Waals surface area contributed by atoms with Gasteiger partial charge in [0.05, 0.1) is 10.7 Å². The highest BCUT2D eigenvalue weighted by Crippen LogP contribution is 2.33. The van der Waals surface area contributed by atoms with Gasteiger partial charge in [-0.2, -0.15) is 4.98 Å². The molecule has 1 atom stereocenters. The van der Waals surface area contributed by atoms with E-state index in [1.54, 1.807) is 0 Å². The van der Waals surface area contributed by atoms with E-state index in [-0.39, 0.29) is 45.7 Å². The number of carbonyl (C=O) groups is 1. The molecule has 1 aliphatic carbocycles. The lowest BCUT2D eigenvalue weighted by atomic mass is 10.0. The second-order valence-corrected chi connectivity index (χ2v) is 12.0. The number of hydrogen-bond donors (Lipinski definition) is 2. The number of hydrogen-bond acceptors (Lipinski definition) is 7. The third kappa shape index (κ3) is 7.65. The normalized spacial score (nSPS) is 14.3. The number of carbonyl (C=O) groups excluding carboxylic acids is 1. The number of para-hydroxylation sites is 1. The molecule has 0 radical (unpaired) electrons. The molecule has 0 saturated heterocycles. The number of benzene rings is 2. The van der Waals surface area contributed by atoms with Gasteiger partial charge in [-0.15, -0.1) is 0 Å². The Balaban J connectivity index is 1.41. The average Bonchev–Trinajstić information content (AvgIpc) is 3.50. The number of esters is 1. The first-order valence-electron chi connectivity index (χ1n) is 15.1. The minimum atomic E-state index is -0.951. The largest absolute Gasteiger partial charge is 0.461 e. The highest BCUT2D eigenvalue weighted by molar-refractivity contribution is 6.33. The summed E-state index contributed by atoms with van der Waals surface area (Å²) in [6.07, 6.45) is 5.13. The fraction of sp³-hybridized carbons (Fsp3) is 0.394. The van der Waals surface area contributed by atoms with Crippen LogP contribution in [0, 0.1) is 23.4 Å². The predicted octanol–water partition coefficient (Wildman–Crippen LogP) is 6.81. The summed E-state index contributed by atoms with van der Waals surface area (Å²) in [4.78, 5) is 35.0. The summed E-state index contributed by atoms with van der Waals surface area (Å²) in [5, 5.41) is 6.74. The summed E-state index contributed by atoms with van der Waals surface area (Å²) in [5.41, 5.74) is -0.783. The first-order valence-corrected chi connectivity index (χ1v) is 15.5. The molecule has 1 saturated carbocycles. The van der Waals surface area contributed by atoms with Gasteiger partial charge in [-0.1, -0.05) is 31.5 Å². The lowest BCUT2D eigenvalue weighted by Crippen LogP contribution is -2.41. The van der Waals surface area contributed by atoms with E-state index in [9.17, 15) is 22.8 Å². The van der Waals surface area contributed by atoms with Gasteiger partial charge < -0.3 is 15.4 Å². The van der Waals surface area contributed by atoms with Crippen molar-refractivity contribution in [1.82, 2.24) is 19.9 Å². The van der Waals surface area contributed by atoms with Crippen molar-refractivity contribution in [3.05, 3.63) is 81.4 Å². The highest BCUT2D eigenvalue weighted by Gasteiger charge is 2.26. The van der Waals surface area contributed by atoms with Crippen LogP contribution >= 0.6 is 11.6 Å². The molecule has 0 spiro atoms. The molecule has 2 aromatic carbocycles. The number of aromatic nitrogens is 3. The summed E-state index contributed by atoms with van der Waals surface area (Å²) in [6.45, 7) is 4.94. The molecule has 0 aliphatic heterocycles. The molecule has 45 heavy (non-hydrogen) atoms. The second kappa shape index (κ2) is 14.4. The molecule has 2 aromatic heterocycles. The molecule has 12 heteroatoms. The molecule has 0 unspecified atom stereocenters. The standard InChI is InChI=1S/C33H35ClF3N5O3/c1-19(2)17-27(32(44)45-21-7-3-4-8-21)38-15-6-16-39-33-40-29(22-12-11-20(35)18-24(22)34)23-13-14-28(43)42(31(23)41-33)30-25(36)9-5-10-26(30)37/h5,9-14,18-19,21,27,38H,3-4,6-8,15-17H2,1-2H3,(H,39,40,41)/t27-/m0/s1. The van der Waals surface area contributed by atoms with Gasteiger partial charge in [-0.05, 0) is 87.4 Å². The van der Waals surface area contributed by atoms with Crippen LogP contribution in [0.1, 0.15) is 52.4 Å². The van der Waals surface area contributed by atoms with Crippen molar-refractivity contribution >= 4 is 34.6 Å². The summed E-state index contributed by atoms with van der Waals surface area (Å²) < 4.78 is 50.3. The van der Waals surface area contributed by atoms with Crippen LogP contribution in [-0.2, 0) is 9.53 Å². The zero-order valence-corrected chi connectivity index (χ0v) is 25.8. The van der Waals surface area contributed by atoms with E-state index in [1.807, 2.05) is 13.8 Å². The minimum Gasteiger partial charge on any atom is -0.461 e. The third-order valence-electron chi connectivity index (χ3n) is 7.70. The Morgan fingerprint density at radius 3 is 2.47 bits per heavy atom. The van der Waals surface area contributed by atoms with E-state index in [0.717, 1.165) is 54.5 Å². The SMILES string of the molecule is CC(C)C[C@H](NCCCNc1nc(-c2ccc(F)cc2Cl)c2ccc(=O)n(-c3c(F)cccc3F)c2n1)C(=O)OC1CCCC1. The fourth-order valence-electron chi connectivity index (χ4n) is 5.55. The van der Waals surface area contributed by atoms with Crippen molar-refractivity contribution in [2.45, 2.75) is 64.5 Å². The molecule has 5 rings (SSSR count). The Morgan fingerprint density at radius 2 is 1.78 bits per heavy atom. The summed E-state index contributed by atoms with van der Waals surface area (Å²) in [6, 6.07) is 9.23. The van der Waals surface area contributed by atoms with Crippen LogP contribution in [0.5, 0.6) is 0 Å². The van der Waals surface area contributed by atoms with Gasteiger partial charge >= 0.3 is 5.97 Å². The van der Waals surface area contributed by atoms with Crippen molar-refractivity contribution in [1.29, 1.82) is 0 Å². The lowest BCUT2D eigenvalue weighted by Gasteiger charge is -2.22. The quantitative estimate of drug-likeness (QED) is 0.130. The number of halogens is 4. The van der Waals surface area contributed by atoms with Gasteiger partial charge in [0.15, 0.2) is 5.65 Å². The lowest BCUT2D eigenvalue weighted by molar-refractivity contribution is -0.151. The Labute approximate surface area is 264 Å². The Bertz CT molecular complexity index is 1720. The monoisotopic (exact) mass is 641 g/mol. The topological polar surface area (TPSA) is 98.1 Å². The number of nitrogens with one attached hydrogen (secondary N) is 2. The van der Waals surface area contributed by atoms with Crippen LogP contribution in [-0.4, -0.2) is 45.7 Å². The highest BCUT2D eigenvalue weighted by atomic mass is 35.5. The molecule has 2 N–H and O–H groups in total. The molecule has 1 fully saturated rings. The minimum absolute atomic E-state index is 0.0141. The van der Waals surface area contributed by atoms with E-state index < -0.39 is 34.7 Å². The maximum Gasteiger partial charge on any atom is 0.323 e. The number of rotatable bonds is 12. The van der Waals surface area contributed by atoms with Gasteiger partial charge in [-0.25, -0.2) is 18.2 Å². The van der Waals surface area contributed by atoms with Crippen LogP contribution in [0.2, 0.25) is 5.02 Å². The Hall–Kier alpha value is -3.96. The first kappa shape index (κ1) is 32.4. The average molecular weight is 642 g/mol. The number of ether oxygens (including phenoxy) is 1. The number of fused-ring (bicyclic) bond motifs is 1. The maximum absolute atomic E-state index is 14.9. The summed E-state index contributed by atoms with van der Waals surface area (Å²) in [7, 11) is 0. The molecule has 0 bridgehead atoms. The van der Waals surface area contributed by atoms with Crippen LogP contribution in [0.3, 0.4) is 0 Å². The van der Waals surface area contributed by atoms with E-state index in [1.165, 1.54) is 24.3 Å². The van der Waals surface area contributed by atoms with Gasteiger partial charge in [0.25, 0.3) is 5.56 Å². The molecule has 4 aromatic rings. The van der Waals surface area contributed by atoms with E-state index in [2.05, 4.69) is 20.6 Å². The zero-order valence-electron chi connectivity index (χ0n) is 25.1. The maximum atomic E-state index is 14.9. The van der Waals surface area contributed by atoms with Crippen molar-refractivity contribution in [2.24, 2.45) is 5.92 Å². The Morgan fingerprint density at radius 1 is 1.04 bits per heavy atom. The molecular weight excluding hydrogens is 607 g/mol. The molecule has 8 nitrogen and oxygen atoms in total. The van der Waals surface area contributed by atoms with E-state index >= 15 is 0 Å². The van der Waals surface area contributed by atoms with E-state index in [4.69, 9.17) is 16.3 Å². The van der Waals surface area contributed by atoms with Crippen molar-refractivity contribution in [3.63, 3.8) is 0 Å². The fourth-order valence-corrected chi connectivity index (χ4v) is 5.81. The van der Waals surface area contributed by atoms with Crippen LogP contribution in [0.25, 0.3) is 28.0 Å². The number of anilines is 1. The molecule has 0 amide bonds. The van der Waals surface area contributed by atoms with Crippen molar-refractivity contribution in [3.8, 4) is 16.9 Å². The molecule has 2 heterocycles. The Kier molecular flexibility index (Phi) is 10.4. The van der Waals surface area contributed by atoms with Crippen LogP contribution < -0.4 is 16.2 Å². The van der Waals surface area contributed by atoms with Crippen molar-refractivity contribution < 1.29 is 22.7 Å². The van der Waals surface area contributed by atoms with Gasteiger partial charge in [-0.3, -0.25) is 14.2 Å². The number of pyridine rings is 1. The predicted molar refractivity (Wildman–Crippen MR) is 168 cm³/mol. The smallest absolute Gasteiger partial charge is 0.323 e. The van der Waals surface area contributed by atoms with Gasteiger partial charge in [0.2, 0.25) is 5.95 Å². The number of nitrogens with zero attached hydrogens (tertiary/aromatic N) is 3. The summed E-state index contributed by atoms with van der Waals surface area (Å²) >= 11 is 6.39.